The van der Waals surface area contributed by atoms with Gasteiger partial charge < -0.3 is 15.2 Å². The Balaban J connectivity index is 1.54. The van der Waals surface area contributed by atoms with Crippen LogP contribution in [0, 0.1) is 5.82 Å². The average molecular weight is 465 g/mol. The Hall–Kier alpha value is -3.03. The SMILES string of the molecule is CN[C@@H](Cc1cn(Cc2ccc(F)cc2)c2ccccc12)C(=O)Nc1nc(C(C)(C)C)cs1. The number of anilines is 1. The number of nitrogens with one attached hydrogen (secondary N) is 2. The van der Waals surface area contributed by atoms with Crippen LogP contribution < -0.4 is 10.6 Å². The molecule has 0 bridgehead atoms. The molecule has 0 saturated heterocycles. The van der Waals surface area contributed by atoms with Crippen LogP contribution in [0.1, 0.15) is 37.6 Å². The Morgan fingerprint density at radius 1 is 1.15 bits per heavy atom. The molecule has 4 aromatic rings. The maximum absolute atomic E-state index is 13.3. The Morgan fingerprint density at radius 3 is 2.55 bits per heavy atom. The van der Waals surface area contributed by atoms with E-state index < -0.39 is 6.04 Å². The minimum Gasteiger partial charge on any atom is -0.343 e. The smallest absolute Gasteiger partial charge is 0.243 e. The third kappa shape index (κ3) is 5.31. The molecule has 2 aromatic heterocycles. The first kappa shape index (κ1) is 23.1. The molecule has 7 heteroatoms. The van der Waals surface area contributed by atoms with Crippen LogP contribution >= 0.6 is 11.3 Å². The fourth-order valence-corrected chi connectivity index (χ4v) is 4.76. The Labute approximate surface area is 197 Å². The molecule has 0 saturated carbocycles. The van der Waals surface area contributed by atoms with Gasteiger partial charge in [-0.2, -0.15) is 0 Å². The molecular formula is C26H29FN4OS. The van der Waals surface area contributed by atoms with Gasteiger partial charge in [0.2, 0.25) is 5.91 Å². The molecule has 0 aliphatic carbocycles. The molecular weight excluding hydrogens is 435 g/mol. The molecule has 0 aliphatic rings. The Kier molecular flexibility index (Phi) is 6.63. The zero-order valence-electron chi connectivity index (χ0n) is 19.4. The van der Waals surface area contributed by atoms with Gasteiger partial charge in [-0.1, -0.05) is 51.1 Å². The fourth-order valence-electron chi connectivity index (χ4n) is 3.82. The fraction of sp³-hybridized carbons (Fsp3) is 0.308. The number of aromatic nitrogens is 2. The molecule has 2 heterocycles. The number of rotatable bonds is 7. The summed E-state index contributed by atoms with van der Waals surface area (Å²) in [6, 6.07) is 14.3. The molecule has 2 aromatic carbocycles. The van der Waals surface area contributed by atoms with Gasteiger partial charge in [0.15, 0.2) is 5.13 Å². The van der Waals surface area contributed by atoms with E-state index >= 15 is 0 Å². The first-order valence-corrected chi connectivity index (χ1v) is 11.9. The summed E-state index contributed by atoms with van der Waals surface area (Å²) in [5.74, 6) is -0.350. The lowest BCUT2D eigenvalue weighted by atomic mass is 9.93. The number of carbonyl (C=O) groups excluding carboxylic acids is 1. The lowest BCUT2D eigenvalue weighted by Crippen LogP contribution is -2.40. The molecule has 0 aliphatic heterocycles. The van der Waals surface area contributed by atoms with Gasteiger partial charge in [0, 0.05) is 34.4 Å². The van der Waals surface area contributed by atoms with Crippen LogP contribution in [0.25, 0.3) is 10.9 Å². The van der Waals surface area contributed by atoms with Crippen molar-refractivity contribution >= 4 is 33.3 Å². The predicted octanol–water partition coefficient (Wildman–Crippen LogP) is 5.35. The number of fused-ring (bicyclic) bond motifs is 1. The summed E-state index contributed by atoms with van der Waals surface area (Å²) >= 11 is 1.45. The number of halogens is 1. The minimum atomic E-state index is -0.405. The number of nitrogens with zero attached hydrogens (tertiary/aromatic N) is 2. The second-order valence-corrected chi connectivity index (χ2v) is 10.1. The molecule has 0 spiro atoms. The van der Waals surface area contributed by atoms with Crippen molar-refractivity contribution < 1.29 is 9.18 Å². The number of para-hydroxylation sites is 1. The van der Waals surface area contributed by atoms with Crippen LogP contribution in [-0.2, 0) is 23.2 Å². The second kappa shape index (κ2) is 9.45. The van der Waals surface area contributed by atoms with Gasteiger partial charge in [-0.15, -0.1) is 11.3 Å². The molecule has 172 valence electrons. The van der Waals surface area contributed by atoms with Gasteiger partial charge in [0.25, 0.3) is 0 Å². The standard InChI is InChI=1S/C26H29FN4OS/c1-26(2,3)23-16-33-25(29-23)30-24(32)21(28-4)13-18-15-31(22-8-6-5-7-20(18)22)14-17-9-11-19(27)12-10-17/h5-12,15-16,21,28H,13-14H2,1-4H3,(H,29,30,32)/t21-/m0/s1. The highest BCUT2D eigenvalue weighted by molar-refractivity contribution is 7.14. The van der Waals surface area contributed by atoms with Crippen molar-refractivity contribution in [1.82, 2.24) is 14.9 Å². The third-order valence-electron chi connectivity index (χ3n) is 5.73. The average Bonchev–Trinajstić information content (AvgIpc) is 3.39. The molecule has 33 heavy (non-hydrogen) atoms. The zero-order chi connectivity index (χ0) is 23.6. The van der Waals surface area contributed by atoms with Crippen LogP contribution in [0.2, 0.25) is 0 Å². The van der Waals surface area contributed by atoms with E-state index in [0.717, 1.165) is 27.7 Å². The van der Waals surface area contributed by atoms with E-state index in [0.29, 0.717) is 18.1 Å². The highest BCUT2D eigenvalue weighted by Crippen LogP contribution is 2.27. The summed E-state index contributed by atoms with van der Waals surface area (Å²) in [6.45, 7) is 6.94. The van der Waals surface area contributed by atoms with Crippen molar-refractivity contribution in [2.24, 2.45) is 0 Å². The molecule has 0 radical (unpaired) electrons. The minimum absolute atomic E-state index is 0.0613. The molecule has 1 atom stereocenters. The topological polar surface area (TPSA) is 59.0 Å². The van der Waals surface area contributed by atoms with Gasteiger partial charge in [-0.3, -0.25) is 4.79 Å². The largest absolute Gasteiger partial charge is 0.343 e. The van der Waals surface area contributed by atoms with Crippen molar-refractivity contribution in [1.29, 1.82) is 0 Å². The lowest BCUT2D eigenvalue weighted by molar-refractivity contribution is -0.118. The van der Waals surface area contributed by atoms with Crippen LogP contribution in [0.3, 0.4) is 0 Å². The lowest BCUT2D eigenvalue weighted by Gasteiger charge is -2.16. The van der Waals surface area contributed by atoms with Crippen molar-refractivity contribution in [3.63, 3.8) is 0 Å². The summed E-state index contributed by atoms with van der Waals surface area (Å²) in [6.07, 6.45) is 2.63. The summed E-state index contributed by atoms with van der Waals surface area (Å²) in [5.41, 5.74) is 4.09. The summed E-state index contributed by atoms with van der Waals surface area (Å²) in [7, 11) is 1.80. The summed E-state index contributed by atoms with van der Waals surface area (Å²) in [5, 5.41) is 9.84. The van der Waals surface area contributed by atoms with E-state index in [1.165, 1.54) is 23.5 Å². The van der Waals surface area contributed by atoms with Gasteiger partial charge in [-0.25, -0.2) is 9.37 Å². The second-order valence-electron chi connectivity index (χ2n) is 9.25. The van der Waals surface area contributed by atoms with Gasteiger partial charge >= 0.3 is 0 Å². The van der Waals surface area contributed by atoms with Crippen molar-refractivity contribution in [2.75, 3.05) is 12.4 Å². The van der Waals surface area contributed by atoms with Crippen molar-refractivity contribution in [2.45, 2.75) is 45.2 Å². The van der Waals surface area contributed by atoms with E-state index in [1.807, 2.05) is 17.5 Å². The first-order valence-electron chi connectivity index (χ1n) is 11.0. The maximum atomic E-state index is 13.3. The number of hydrogen-bond donors (Lipinski definition) is 2. The number of likely N-dealkylation sites (N-methyl/N-ethyl adjacent to an activating group) is 1. The van der Waals surface area contributed by atoms with E-state index in [-0.39, 0.29) is 17.1 Å². The van der Waals surface area contributed by atoms with E-state index in [2.05, 4.69) is 59.3 Å². The Bertz CT molecular complexity index is 1250. The number of carbonyl (C=O) groups is 1. The zero-order valence-corrected chi connectivity index (χ0v) is 20.2. The van der Waals surface area contributed by atoms with Crippen molar-refractivity contribution in [3.8, 4) is 0 Å². The molecule has 0 unspecified atom stereocenters. The highest BCUT2D eigenvalue weighted by Gasteiger charge is 2.22. The number of amides is 1. The van der Waals surface area contributed by atoms with Gasteiger partial charge in [-0.05, 0) is 42.8 Å². The summed E-state index contributed by atoms with van der Waals surface area (Å²) in [4.78, 5) is 17.6. The number of hydrogen-bond acceptors (Lipinski definition) is 4. The molecule has 5 nitrogen and oxygen atoms in total. The summed E-state index contributed by atoms with van der Waals surface area (Å²) < 4.78 is 15.5. The normalized spacial score (nSPS) is 12.8. The quantitative estimate of drug-likeness (QED) is 0.388. The van der Waals surface area contributed by atoms with Gasteiger partial charge in [0.05, 0.1) is 11.7 Å². The maximum Gasteiger partial charge on any atom is 0.243 e. The number of thiazole rings is 1. The van der Waals surface area contributed by atoms with Crippen LogP contribution in [0.15, 0.2) is 60.1 Å². The molecule has 4 rings (SSSR count). The van der Waals surface area contributed by atoms with E-state index in [9.17, 15) is 9.18 Å². The monoisotopic (exact) mass is 464 g/mol. The molecule has 0 fully saturated rings. The highest BCUT2D eigenvalue weighted by atomic mass is 32.1. The molecule has 1 amide bonds. The molecule has 2 N–H and O–H groups in total. The van der Waals surface area contributed by atoms with Crippen LogP contribution in [0.5, 0.6) is 0 Å². The number of benzene rings is 2. The van der Waals surface area contributed by atoms with Crippen molar-refractivity contribution in [3.05, 3.63) is 82.7 Å². The first-order chi connectivity index (χ1) is 15.7. The van der Waals surface area contributed by atoms with Gasteiger partial charge in [0.1, 0.15) is 5.82 Å². The predicted molar refractivity (Wildman–Crippen MR) is 133 cm³/mol. The third-order valence-corrected chi connectivity index (χ3v) is 6.49. The van der Waals surface area contributed by atoms with Crippen LogP contribution in [-0.4, -0.2) is 28.5 Å². The van der Waals surface area contributed by atoms with E-state index in [1.54, 1.807) is 19.2 Å². The van der Waals surface area contributed by atoms with E-state index in [4.69, 9.17) is 0 Å². The van der Waals surface area contributed by atoms with Crippen LogP contribution in [0.4, 0.5) is 9.52 Å². The Morgan fingerprint density at radius 2 is 1.88 bits per heavy atom.